The van der Waals surface area contributed by atoms with Gasteiger partial charge >= 0.3 is 0 Å². The van der Waals surface area contributed by atoms with E-state index < -0.39 is 0 Å². The van der Waals surface area contributed by atoms with Crippen molar-refractivity contribution in [1.29, 1.82) is 0 Å². The highest BCUT2D eigenvalue weighted by molar-refractivity contribution is 6.31. The van der Waals surface area contributed by atoms with Crippen LogP contribution in [0.5, 0.6) is 0 Å². The van der Waals surface area contributed by atoms with E-state index in [9.17, 15) is 0 Å². The zero-order valence-electron chi connectivity index (χ0n) is 9.04. The number of rotatable bonds is 4. The summed E-state index contributed by atoms with van der Waals surface area (Å²) >= 11 is 6.14. The second kappa shape index (κ2) is 4.42. The Balaban J connectivity index is 2.11. The van der Waals surface area contributed by atoms with Crippen LogP contribution in [0.1, 0.15) is 25.3 Å². The maximum atomic E-state index is 6.14. The zero-order chi connectivity index (χ0) is 10.8. The minimum absolute atomic E-state index is 0.771. The first-order valence-corrected chi connectivity index (χ1v) is 5.86. The molecule has 2 nitrogen and oxygen atoms in total. The Hall–Kier alpha value is -0.730. The van der Waals surface area contributed by atoms with Gasteiger partial charge < -0.3 is 5.73 Å². The Morgan fingerprint density at radius 3 is 2.80 bits per heavy atom. The summed E-state index contributed by atoms with van der Waals surface area (Å²) in [5.41, 5.74) is 7.70. The first-order valence-electron chi connectivity index (χ1n) is 5.48. The maximum Gasteiger partial charge on any atom is 0.0452 e. The molecule has 0 heterocycles. The van der Waals surface area contributed by atoms with Crippen LogP contribution in [0.15, 0.2) is 18.2 Å². The Morgan fingerprint density at radius 1 is 1.47 bits per heavy atom. The number of hydrogen-bond donors (Lipinski definition) is 1. The molecular weight excluding hydrogens is 208 g/mol. The van der Waals surface area contributed by atoms with E-state index in [1.807, 2.05) is 18.2 Å². The van der Waals surface area contributed by atoms with E-state index in [2.05, 4.69) is 11.8 Å². The van der Waals surface area contributed by atoms with Gasteiger partial charge in [-0.25, -0.2) is 0 Å². The van der Waals surface area contributed by atoms with Crippen LogP contribution in [0.2, 0.25) is 5.02 Å². The highest BCUT2D eigenvalue weighted by atomic mass is 35.5. The number of nitrogens with two attached hydrogens (primary N) is 1. The monoisotopic (exact) mass is 224 g/mol. The van der Waals surface area contributed by atoms with E-state index in [0.717, 1.165) is 35.4 Å². The molecule has 82 valence electrons. The number of nitrogen functional groups attached to an aromatic ring is 1. The lowest BCUT2D eigenvalue weighted by Crippen LogP contribution is -2.25. The van der Waals surface area contributed by atoms with E-state index in [-0.39, 0.29) is 0 Å². The number of anilines is 1. The lowest BCUT2D eigenvalue weighted by molar-refractivity contribution is 0.269. The molecule has 0 aromatic heterocycles. The number of hydrogen-bond acceptors (Lipinski definition) is 2. The second-order valence-corrected chi connectivity index (χ2v) is 4.55. The second-order valence-electron chi connectivity index (χ2n) is 4.15. The number of benzene rings is 1. The van der Waals surface area contributed by atoms with Crippen LogP contribution >= 0.6 is 11.6 Å². The van der Waals surface area contributed by atoms with Crippen LogP contribution in [-0.4, -0.2) is 17.5 Å². The highest BCUT2D eigenvalue weighted by Crippen LogP contribution is 2.29. The summed E-state index contributed by atoms with van der Waals surface area (Å²) in [6.45, 7) is 4.19. The van der Waals surface area contributed by atoms with Gasteiger partial charge in [-0.15, -0.1) is 0 Å². The highest BCUT2D eigenvalue weighted by Gasteiger charge is 2.27. The molecule has 1 aromatic carbocycles. The molecule has 0 atom stereocenters. The van der Waals surface area contributed by atoms with Gasteiger partial charge in [-0.3, -0.25) is 4.90 Å². The molecule has 1 saturated carbocycles. The molecule has 1 fully saturated rings. The summed E-state index contributed by atoms with van der Waals surface area (Å²) in [5.74, 6) is 0. The van der Waals surface area contributed by atoms with E-state index in [1.54, 1.807) is 0 Å². The number of halogens is 1. The molecule has 0 spiro atoms. The van der Waals surface area contributed by atoms with Crippen molar-refractivity contribution in [2.24, 2.45) is 0 Å². The summed E-state index contributed by atoms with van der Waals surface area (Å²) in [4.78, 5) is 2.46. The first kappa shape index (κ1) is 10.8. The van der Waals surface area contributed by atoms with Crippen molar-refractivity contribution in [2.75, 3.05) is 12.3 Å². The Morgan fingerprint density at radius 2 is 2.20 bits per heavy atom. The van der Waals surface area contributed by atoms with Crippen molar-refractivity contribution in [2.45, 2.75) is 32.4 Å². The van der Waals surface area contributed by atoms with Gasteiger partial charge in [-0.1, -0.05) is 18.5 Å². The van der Waals surface area contributed by atoms with Crippen molar-refractivity contribution < 1.29 is 0 Å². The van der Waals surface area contributed by atoms with Gasteiger partial charge in [0, 0.05) is 23.3 Å². The minimum Gasteiger partial charge on any atom is -0.399 e. The summed E-state index contributed by atoms with van der Waals surface area (Å²) in [6, 6.07) is 6.48. The molecule has 2 N–H and O–H groups in total. The Kier molecular flexibility index (Phi) is 3.17. The summed E-state index contributed by atoms with van der Waals surface area (Å²) in [7, 11) is 0. The third kappa shape index (κ3) is 2.64. The SMILES string of the molecule is CCN(Cc1cc(N)ccc1Cl)C1CC1. The van der Waals surface area contributed by atoms with E-state index in [1.165, 1.54) is 12.8 Å². The van der Waals surface area contributed by atoms with Crippen LogP contribution in [0, 0.1) is 0 Å². The minimum atomic E-state index is 0.771. The molecule has 1 aromatic rings. The molecule has 0 saturated heterocycles. The fourth-order valence-corrected chi connectivity index (χ4v) is 2.05. The lowest BCUT2D eigenvalue weighted by atomic mass is 10.2. The van der Waals surface area contributed by atoms with Crippen LogP contribution in [0.3, 0.4) is 0 Å². The van der Waals surface area contributed by atoms with Crippen LogP contribution in [0.25, 0.3) is 0 Å². The van der Waals surface area contributed by atoms with E-state index in [4.69, 9.17) is 17.3 Å². The predicted octanol–water partition coefficient (Wildman–Crippen LogP) is 2.91. The summed E-state index contributed by atoms with van der Waals surface area (Å²) < 4.78 is 0. The largest absolute Gasteiger partial charge is 0.399 e. The van der Waals surface area contributed by atoms with Gasteiger partial charge in [0.1, 0.15) is 0 Å². The molecule has 1 aliphatic rings. The Labute approximate surface area is 96.0 Å². The quantitative estimate of drug-likeness (QED) is 0.797. The molecule has 0 bridgehead atoms. The van der Waals surface area contributed by atoms with Gasteiger partial charge in [-0.2, -0.15) is 0 Å². The van der Waals surface area contributed by atoms with Gasteiger partial charge in [0.25, 0.3) is 0 Å². The molecule has 3 heteroatoms. The van der Waals surface area contributed by atoms with Crippen molar-refractivity contribution in [1.82, 2.24) is 4.90 Å². The molecular formula is C12H17ClN2. The summed E-state index contributed by atoms with van der Waals surface area (Å²) in [5, 5.41) is 0.823. The average molecular weight is 225 g/mol. The zero-order valence-corrected chi connectivity index (χ0v) is 9.80. The fourth-order valence-electron chi connectivity index (χ4n) is 1.87. The summed E-state index contributed by atoms with van der Waals surface area (Å²) in [6.07, 6.45) is 2.65. The molecule has 15 heavy (non-hydrogen) atoms. The topological polar surface area (TPSA) is 29.3 Å². The van der Waals surface area contributed by atoms with Crippen molar-refractivity contribution in [3.8, 4) is 0 Å². The van der Waals surface area contributed by atoms with Crippen molar-refractivity contribution in [3.63, 3.8) is 0 Å². The van der Waals surface area contributed by atoms with Gasteiger partial charge in [0.05, 0.1) is 0 Å². The molecule has 0 amide bonds. The van der Waals surface area contributed by atoms with Gasteiger partial charge in [-0.05, 0) is 43.1 Å². The maximum absolute atomic E-state index is 6.14. The van der Waals surface area contributed by atoms with Crippen LogP contribution < -0.4 is 5.73 Å². The third-order valence-electron chi connectivity index (χ3n) is 2.91. The van der Waals surface area contributed by atoms with E-state index >= 15 is 0 Å². The van der Waals surface area contributed by atoms with Crippen molar-refractivity contribution >= 4 is 17.3 Å². The van der Waals surface area contributed by atoms with E-state index in [0.29, 0.717) is 0 Å². The van der Waals surface area contributed by atoms with Crippen LogP contribution in [0.4, 0.5) is 5.69 Å². The molecule has 2 rings (SSSR count). The average Bonchev–Trinajstić information content (AvgIpc) is 3.03. The lowest BCUT2D eigenvalue weighted by Gasteiger charge is -2.20. The van der Waals surface area contributed by atoms with Crippen molar-refractivity contribution in [3.05, 3.63) is 28.8 Å². The molecule has 0 aliphatic heterocycles. The van der Waals surface area contributed by atoms with Gasteiger partial charge in [0.2, 0.25) is 0 Å². The smallest absolute Gasteiger partial charge is 0.0452 e. The molecule has 1 aliphatic carbocycles. The molecule has 0 unspecified atom stereocenters. The number of nitrogens with zero attached hydrogens (tertiary/aromatic N) is 1. The predicted molar refractivity (Wildman–Crippen MR) is 65.0 cm³/mol. The van der Waals surface area contributed by atoms with Crippen LogP contribution in [-0.2, 0) is 6.54 Å². The Bertz CT molecular complexity index is 347. The standard InChI is InChI=1S/C12H17ClN2/c1-2-15(11-4-5-11)8-9-7-10(14)3-6-12(9)13/h3,6-7,11H,2,4-5,8,14H2,1H3. The fraction of sp³-hybridized carbons (Fsp3) is 0.500. The molecule has 0 radical (unpaired) electrons. The van der Waals surface area contributed by atoms with Gasteiger partial charge in [0.15, 0.2) is 0 Å². The normalized spacial score (nSPS) is 15.9. The first-order chi connectivity index (χ1) is 7.20. The third-order valence-corrected chi connectivity index (χ3v) is 3.28.